The van der Waals surface area contributed by atoms with Gasteiger partial charge in [0.15, 0.2) is 0 Å². The van der Waals surface area contributed by atoms with E-state index in [1.165, 1.54) is 141 Å². The molecule has 0 aliphatic carbocycles. The average Bonchev–Trinajstić information content (AvgIpc) is 2.76. The van der Waals surface area contributed by atoms with E-state index in [1.807, 2.05) is 0 Å². The third-order valence-corrected chi connectivity index (χ3v) is 6.74. The molecule has 178 valence electrons. The van der Waals surface area contributed by atoms with Gasteiger partial charge < -0.3 is 0 Å². The van der Waals surface area contributed by atoms with Crippen molar-refractivity contribution in [2.45, 2.75) is 175 Å². The Bertz CT molecular complexity index is 358. The molecule has 0 bridgehead atoms. The summed E-state index contributed by atoms with van der Waals surface area (Å²) in [6.45, 7) is 6.97. The maximum atomic E-state index is 3.43. The van der Waals surface area contributed by atoms with Gasteiger partial charge in [-0.3, -0.25) is 0 Å². The van der Waals surface area contributed by atoms with Crippen molar-refractivity contribution in [3.63, 3.8) is 0 Å². The van der Waals surface area contributed by atoms with Gasteiger partial charge in [0.2, 0.25) is 0 Å². The first-order valence-electron chi connectivity index (χ1n) is 14.3. The fourth-order valence-electron chi connectivity index (χ4n) is 4.47. The SMILES string of the molecule is CCCCCCCCCCCCCCCCC#CCCCCC(CC)CCCCC. The maximum Gasteiger partial charge on any atom is 0.00886 e. The van der Waals surface area contributed by atoms with Crippen LogP contribution in [0.1, 0.15) is 175 Å². The van der Waals surface area contributed by atoms with E-state index in [-0.39, 0.29) is 0 Å². The van der Waals surface area contributed by atoms with Crippen LogP contribution in [0.15, 0.2) is 0 Å². The summed E-state index contributed by atoms with van der Waals surface area (Å²) in [7, 11) is 0. The molecule has 0 spiro atoms. The second kappa shape index (κ2) is 26.6. The molecule has 0 saturated carbocycles. The molecular formula is C30H58. The van der Waals surface area contributed by atoms with Gasteiger partial charge in [-0.1, -0.05) is 149 Å². The van der Waals surface area contributed by atoms with Gasteiger partial charge in [-0.15, -0.1) is 11.8 Å². The molecule has 0 radical (unpaired) electrons. The van der Waals surface area contributed by atoms with Gasteiger partial charge in [-0.25, -0.2) is 0 Å². The lowest BCUT2D eigenvalue weighted by Crippen LogP contribution is -1.98. The van der Waals surface area contributed by atoms with E-state index in [2.05, 4.69) is 32.6 Å². The zero-order valence-corrected chi connectivity index (χ0v) is 21.5. The van der Waals surface area contributed by atoms with E-state index in [1.54, 1.807) is 0 Å². The number of rotatable bonds is 23. The van der Waals surface area contributed by atoms with Crippen LogP contribution in [0.4, 0.5) is 0 Å². The molecule has 0 heteroatoms. The Labute approximate surface area is 192 Å². The molecule has 0 saturated heterocycles. The van der Waals surface area contributed by atoms with Gasteiger partial charge in [0.1, 0.15) is 0 Å². The highest BCUT2D eigenvalue weighted by Gasteiger charge is 2.05. The summed E-state index contributed by atoms with van der Waals surface area (Å²) >= 11 is 0. The molecule has 0 amide bonds. The molecule has 0 rings (SSSR count). The smallest absolute Gasteiger partial charge is 0.00886 e. The second-order valence-electron chi connectivity index (χ2n) is 9.72. The van der Waals surface area contributed by atoms with Crippen molar-refractivity contribution >= 4 is 0 Å². The number of unbranched alkanes of at least 4 members (excludes halogenated alkanes) is 18. The van der Waals surface area contributed by atoms with Crippen LogP contribution in [0.25, 0.3) is 0 Å². The topological polar surface area (TPSA) is 0 Å². The first kappa shape index (κ1) is 29.6. The largest absolute Gasteiger partial charge is 0.103 e. The molecule has 0 aromatic carbocycles. The van der Waals surface area contributed by atoms with Crippen molar-refractivity contribution in [3.05, 3.63) is 0 Å². The van der Waals surface area contributed by atoms with Crippen molar-refractivity contribution in [1.82, 2.24) is 0 Å². The fourth-order valence-corrected chi connectivity index (χ4v) is 4.47. The quantitative estimate of drug-likeness (QED) is 0.114. The highest BCUT2D eigenvalue weighted by atomic mass is 14.1. The van der Waals surface area contributed by atoms with Crippen molar-refractivity contribution in [2.75, 3.05) is 0 Å². The van der Waals surface area contributed by atoms with Gasteiger partial charge in [-0.2, -0.15) is 0 Å². The Morgan fingerprint density at radius 1 is 0.400 bits per heavy atom. The van der Waals surface area contributed by atoms with Gasteiger partial charge >= 0.3 is 0 Å². The van der Waals surface area contributed by atoms with Crippen LogP contribution in [-0.2, 0) is 0 Å². The Kier molecular flexibility index (Phi) is 26.2. The van der Waals surface area contributed by atoms with Crippen molar-refractivity contribution in [2.24, 2.45) is 5.92 Å². The number of hydrogen-bond donors (Lipinski definition) is 0. The molecule has 0 heterocycles. The summed E-state index contributed by atoms with van der Waals surface area (Å²) in [5.41, 5.74) is 0. The summed E-state index contributed by atoms with van der Waals surface area (Å²) in [6.07, 6.45) is 33.5. The Morgan fingerprint density at radius 2 is 0.733 bits per heavy atom. The second-order valence-corrected chi connectivity index (χ2v) is 9.72. The predicted octanol–water partition coefficient (Wildman–Crippen LogP) is 11.0. The Hall–Kier alpha value is -0.440. The molecule has 1 unspecified atom stereocenters. The lowest BCUT2D eigenvalue weighted by molar-refractivity contribution is 0.401. The molecule has 0 aliphatic heterocycles. The summed E-state index contributed by atoms with van der Waals surface area (Å²) in [6, 6.07) is 0. The predicted molar refractivity (Wildman–Crippen MR) is 139 cm³/mol. The molecule has 30 heavy (non-hydrogen) atoms. The monoisotopic (exact) mass is 418 g/mol. The first-order chi connectivity index (χ1) is 14.8. The van der Waals surface area contributed by atoms with E-state index in [0.29, 0.717) is 0 Å². The highest BCUT2D eigenvalue weighted by Crippen LogP contribution is 2.20. The minimum absolute atomic E-state index is 0.972. The normalized spacial score (nSPS) is 12.0. The van der Waals surface area contributed by atoms with E-state index >= 15 is 0 Å². The third kappa shape index (κ3) is 23.8. The van der Waals surface area contributed by atoms with Gasteiger partial charge in [0, 0.05) is 12.8 Å². The van der Waals surface area contributed by atoms with Gasteiger partial charge in [0.25, 0.3) is 0 Å². The summed E-state index contributed by atoms with van der Waals surface area (Å²) in [5.74, 6) is 7.82. The van der Waals surface area contributed by atoms with Crippen LogP contribution in [0.3, 0.4) is 0 Å². The Morgan fingerprint density at radius 3 is 1.17 bits per heavy atom. The molecule has 0 fully saturated rings. The zero-order chi connectivity index (χ0) is 22.0. The Balaban J connectivity index is 3.24. The van der Waals surface area contributed by atoms with E-state index in [9.17, 15) is 0 Å². The van der Waals surface area contributed by atoms with Crippen LogP contribution >= 0.6 is 0 Å². The molecule has 0 aromatic rings. The maximum absolute atomic E-state index is 3.43. The molecule has 0 nitrogen and oxygen atoms in total. The third-order valence-electron chi connectivity index (χ3n) is 6.74. The molecule has 0 aliphatic rings. The van der Waals surface area contributed by atoms with Crippen LogP contribution in [0, 0.1) is 17.8 Å². The fraction of sp³-hybridized carbons (Fsp3) is 0.933. The average molecular weight is 419 g/mol. The highest BCUT2D eigenvalue weighted by molar-refractivity contribution is 4.98. The lowest BCUT2D eigenvalue weighted by Gasteiger charge is -2.13. The summed E-state index contributed by atoms with van der Waals surface area (Å²) < 4.78 is 0. The van der Waals surface area contributed by atoms with Crippen LogP contribution in [0.5, 0.6) is 0 Å². The van der Waals surface area contributed by atoms with Crippen LogP contribution in [-0.4, -0.2) is 0 Å². The van der Waals surface area contributed by atoms with Crippen molar-refractivity contribution in [3.8, 4) is 11.8 Å². The molecular weight excluding hydrogens is 360 g/mol. The van der Waals surface area contributed by atoms with Gasteiger partial charge in [-0.05, 0) is 18.8 Å². The summed E-state index contributed by atoms with van der Waals surface area (Å²) in [5, 5.41) is 0. The molecule has 0 N–H and O–H groups in total. The van der Waals surface area contributed by atoms with E-state index < -0.39 is 0 Å². The van der Waals surface area contributed by atoms with Crippen LogP contribution in [0.2, 0.25) is 0 Å². The van der Waals surface area contributed by atoms with E-state index in [0.717, 1.165) is 18.8 Å². The molecule has 1 atom stereocenters. The minimum Gasteiger partial charge on any atom is -0.103 e. The van der Waals surface area contributed by atoms with Crippen molar-refractivity contribution in [1.29, 1.82) is 0 Å². The number of hydrogen-bond acceptors (Lipinski definition) is 0. The zero-order valence-electron chi connectivity index (χ0n) is 21.5. The van der Waals surface area contributed by atoms with Crippen molar-refractivity contribution < 1.29 is 0 Å². The molecule has 0 aromatic heterocycles. The standard InChI is InChI=1S/C30H58/c1-4-7-9-10-11-12-13-14-15-16-17-18-19-20-21-22-23-24-25-27-29-30(6-3)28-26-8-5-2/h30H,4-21,24-29H2,1-3H3. The minimum atomic E-state index is 0.972. The van der Waals surface area contributed by atoms with Gasteiger partial charge in [0.05, 0.1) is 0 Å². The van der Waals surface area contributed by atoms with E-state index in [4.69, 9.17) is 0 Å². The lowest BCUT2D eigenvalue weighted by atomic mass is 9.93. The van der Waals surface area contributed by atoms with Crippen LogP contribution < -0.4 is 0 Å². The first-order valence-corrected chi connectivity index (χ1v) is 14.3. The summed E-state index contributed by atoms with van der Waals surface area (Å²) in [4.78, 5) is 0.